The number of nitrogens with one attached hydrogen (secondary N) is 1. The van der Waals surface area contributed by atoms with Crippen LogP contribution >= 0.6 is 0 Å². The van der Waals surface area contributed by atoms with E-state index in [1.807, 2.05) is 18.2 Å². The Bertz CT molecular complexity index is 1280. The standard InChI is InChI=1S/C26H30FN5O2/c1-4-31(5-2)14-15-32-13-12-19-16-21(8-9-23(19)32)28-24(33)10-11-25-29-26(30-34-25)20-7-6-18(3)22(27)17-20/h6-9,12-13,16-17H,4-5,10-11,14-15H2,1-3H3,(H,28,33). The number of likely N-dealkylation sites (N-methyl/N-ethyl adjacent to an activating group) is 1. The van der Waals surface area contributed by atoms with Crippen molar-refractivity contribution >= 4 is 22.5 Å². The van der Waals surface area contributed by atoms with Crippen LogP contribution in [0.15, 0.2) is 53.2 Å². The highest BCUT2D eigenvalue weighted by atomic mass is 19.1. The van der Waals surface area contributed by atoms with Crippen LogP contribution < -0.4 is 5.32 Å². The van der Waals surface area contributed by atoms with Gasteiger partial charge in [0.05, 0.1) is 0 Å². The highest BCUT2D eigenvalue weighted by Crippen LogP contribution is 2.22. The summed E-state index contributed by atoms with van der Waals surface area (Å²) >= 11 is 0. The molecule has 1 amide bonds. The average Bonchev–Trinajstić information content (AvgIpc) is 3.47. The fraction of sp³-hybridized carbons (Fsp3) is 0.346. The first-order chi connectivity index (χ1) is 16.5. The molecule has 2 aromatic heterocycles. The summed E-state index contributed by atoms with van der Waals surface area (Å²) < 4.78 is 21.3. The number of halogens is 1. The summed E-state index contributed by atoms with van der Waals surface area (Å²) in [7, 11) is 0. The molecule has 0 aliphatic rings. The van der Waals surface area contributed by atoms with E-state index in [9.17, 15) is 9.18 Å². The number of hydrogen-bond donors (Lipinski definition) is 1. The third-order valence-electron chi connectivity index (χ3n) is 6.07. The second-order valence-corrected chi connectivity index (χ2v) is 8.33. The number of nitrogens with zero attached hydrogens (tertiary/aromatic N) is 4. The Morgan fingerprint density at radius 3 is 2.74 bits per heavy atom. The molecule has 0 unspecified atom stereocenters. The van der Waals surface area contributed by atoms with Gasteiger partial charge in [0.15, 0.2) is 0 Å². The Labute approximate surface area is 198 Å². The number of rotatable bonds is 10. The van der Waals surface area contributed by atoms with E-state index in [1.165, 1.54) is 6.07 Å². The summed E-state index contributed by atoms with van der Waals surface area (Å²) in [5.41, 5.74) is 3.00. The summed E-state index contributed by atoms with van der Waals surface area (Å²) in [6.07, 6.45) is 2.59. The zero-order valence-electron chi connectivity index (χ0n) is 19.8. The van der Waals surface area contributed by atoms with E-state index in [0.29, 0.717) is 29.3 Å². The zero-order valence-corrected chi connectivity index (χ0v) is 19.8. The Hall–Kier alpha value is -3.52. The molecule has 0 fully saturated rings. The number of hydrogen-bond acceptors (Lipinski definition) is 5. The number of aromatic nitrogens is 3. The van der Waals surface area contributed by atoms with Gasteiger partial charge in [-0.25, -0.2) is 4.39 Å². The monoisotopic (exact) mass is 463 g/mol. The van der Waals surface area contributed by atoms with Crippen LogP contribution in [0.1, 0.15) is 31.7 Å². The molecule has 0 saturated heterocycles. The Balaban J connectivity index is 1.33. The van der Waals surface area contributed by atoms with Crippen molar-refractivity contribution in [3.63, 3.8) is 0 Å². The lowest BCUT2D eigenvalue weighted by Gasteiger charge is -2.18. The third kappa shape index (κ3) is 5.51. The molecule has 0 atom stereocenters. The van der Waals surface area contributed by atoms with Crippen LogP contribution in [0.2, 0.25) is 0 Å². The van der Waals surface area contributed by atoms with Gasteiger partial charge in [-0.2, -0.15) is 4.98 Å². The summed E-state index contributed by atoms with van der Waals surface area (Å²) in [5.74, 6) is 0.193. The van der Waals surface area contributed by atoms with Gasteiger partial charge < -0.3 is 19.3 Å². The van der Waals surface area contributed by atoms with Crippen molar-refractivity contribution in [2.45, 2.75) is 40.2 Å². The number of anilines is 1. The third-order valence-corrected chi connectivity index (χ3v) is 6.07. The molecule has 2 aromatic carbocycles. The van der Waals surface area contributed by atoms with Gasteiger partial charge >= 0.3 is 0 Å². The molecule has 0 bridgehead atoms. The molecule has 4 aromatic rings. The maximum absolute atomic E-state index is 13.8. The van der Waals surface area contributed by atoms with Gasteiger partial charge in [-0.1, -0.05) is 31.1 Å². The molecule has 7 nitrogen and oxygen atoms in total. The predicted octanol–water partition coefficient (Wildman–Crippen LogP) is 5.05. The fourth-order valence-corrected chi connectivity index (χ4v) is 3.91. The molecule has 4 rings (SSSR count). The maximum atomic E-state index is 13.8. The Kier molecular flexibility index (Phi) is 7.37. The van der Waals surface area contributed by atoms with Crippen LogP contribution in [0.5, 0.6) is 0 Å². The molecule has 0 aliphatic heterocycles. The van der Waals surface area contributed by atoms with Crippen molar-refractivity contribution in [1.82, 2.24) is 19.6 Å². The topological polar surface area (TPSA) is 76.2 Å². The predicted molar refractivity (Wildman–Crippen MR) is 131 cm³/mol. The summed E-state index contributed by atoms with van der Waals surface area (Å²) in [5, 5.41) is 7.93. The van der Waals surface area contributed by atoms with Gasteiger partial charge in [-0.3, -0.25) is 4.79 Å². The first kappa shape index (κ1) is 23.6. The Morgan fingerprint density at radius 2 is 1.97 bits per heavy atom. The maximum Gasteiger partial charge on any atom is 0.227 e. The van der Waals surface area contributed by atoms with E-state index >= 15 is 0 Å². The van der Waals surface area contributed by atoms with Crippen LogP contribution in [0.4, 0.5) is 10.1 Å². The average molecular weight is 464 g/mol. The summed E-state index contributed by atoms with van der Waals surface area (Å²) in [6, 6.07) is 12.8. The minimum absolute atomic E-state index is 0.138. The molecular weight excluding hydrogens is 433 g/mol. The van der Waals surface area contributed by atoms with Gasteiger partial charge in [-0.05, 0) is 55.9 Å². The van der Waals surface area contributed by atoms with Gasteiger partial charge in [0.1, 0.15) is 5.82 Å². The van der Waals surface area contributed by atoms with E-state index in [-0.39, 0.29) is 18.1 Å². The lowest BCUT2D eigenvalue weighted by molar-refractivity contribution is -0.116. The van der Waals surface area contributed by atoms with Crippen molar-refractivity contribution in [2.24, 2.45) is 0 Å². The van der Waals surface area contributed by atoms with E-state index in [4.69, 9.17) is 4.52 Å². The highest BCUT2D eigenvalue weighted by molar-refractivity contribution is 5.94. The van der Waals surface area contributed by atoms with Crippen LogP contribution in [0.3, 0.4) is 0 Å². The number of carbonyl (C=O) groups excluding carboxylic acids is 1. The molecular formula is C26H30FN5O2. The molecule has 34 heavy (non-hydrogen) atoms. The SMILES string of the molecule is CCN(CC)CCn1ccc2cc(NC(=O)CCc3nc(-c4ccc(C)c(F)c4)no3)ccc21. The number of amides is 1. The van der Waals surface area contributed by atoms with Crippen molar-refractivity contribution < 1.29 is 13.7 Å². The normalized spacial score (nSPS) is 11.4. The minimum Gasteiger partial charge on any atom is -0.346 e. The fourth-order valence-electron chi connectivity index (χ4n) is 3.91. The van der Waals surface area contributed by atoms with E-state index in [2.05, 4.69) is 51.0 Å². The molecule has 0 aliphatic carbocycles. The molecule has 178 valence electrons. The molecule has 8 heteroatoms. The molecule has 0 radical (unpaired) electrons. The smallest absolute Gasteiger partial charge is 0.227 e. The molecule has 0 spiro atoms. The van der Waals surface area contributed by atoms with Gasteiger partial charge in [-0.15, -0.1) is 0 Å². The van der Waals surface area contributed by atoms with E-state index in [1.54, 1.807) is 19.1 Å². The quantitative estimate of drug-likeness (QED) is 0.356. The first-order valence-electron chi connectivity index (χ1n) is 11.7. The highest BCUT2D eigenvalue weighted by Gasteiger charge is 2.13. The van der Waals surface area contributed by atoms with Crippen LogP contribution in [0, 0.1) is 12.7 Å². The summed E-state index contributed by atoms with van der Waals surface area (Å²) in [6.45, 7) is 10.1. The number of benzene rings is 2. The van der Waals surface area contributed by atoms with Gasteiger partial charge in [0.25, 0.3) is 0 Å². The molecule has 0 saturated carbocycles. The van der Waals surface area contributed by atoms with E-state index < -0.39 is 0 Å². The second-order valence-electron chi connectivity index (χ2n) is 8.33. The van der Waals surface area contributed by atoms with Crippen molar-refractivity contribution in [2.75, 3.05) is 25.0 Å². The number of aryl methyl sites for hydroxylation is 2. The largest absolute Gasteiger partial charge is 0.346 e. The van der Waals surface area contributed by atoms with Crippen molar-refractivity contribution in [1.29, 1.82) is 0 Å². The van der Waals surface area contributed by atoms with E-state index in [0.717, 1.165) is 42.8 Å². The van der Waals surface area contributed by atoms with Gasteiger partial charge in [0, 0.05) is 54.3 Å². The number of fused-ring (bicyclic) bond motifs is 1. The van der Waals surface area contributed by atoms with Crippen molar-refractivity contribution in [3.8, 4) is 11.4 Å². The zero-order chi connectivity index (χ0) is 24.1. The minimum atomic E-state index is -0.320. The molecule has 1 N–H and O–H groups in total. The Morgan fingerprint density at radius 1 is 1.15 bits per heavy atom. The van der Waals surface area contributed by atoms with Crippen molar-refractivity contribution in [3.05, 3.63) is 65.9 Å². The lowest BCUT2D eigenvalue weighted by Crippen LogP contribution is -2.26. The second kappa shape index (κ2) is 10.6. The molecule has 2 heterocycles. The van der Waals surface area contributed by atoms with Crippen LogP contribution in [-0.2, 0) is 17.8 Å². The number of carbonyl (C=O) groups is 1. The van der Waals surface area contributed by atoms with Crippen LogP contribution in [-0.4, -0.2) is 45.1 Å². The van der Waals surface area contributed by atoms with Crippen LogP contribution in [0.25, 0.3) is 22.3 Å². The first-order valence-corrected chi connectivity index (χ1v) is 11.7. The van der Waals surface area contributed by atoms with Gasteiger partial charge in [0.2, 0.25) is 17.6 Å². The summed E-state index contributed by atoms with van der Waals surface area (Å²) in [4.78, 5) is 19.1. The lowest BCUT2D eigenvalue weighted by atomic mass is 10.1.